The summed E-state index contributed by atoms with van der Waals surface area (Å²) in [6.07, 6.45) is -1.10. The number of halogens is 1. The highest BCUT2D eigenvalue weighted by molar-refractivity contribution is 9.10. The number of carbonyl (C=O) groups is 1. The van der Waals surface area contributed by atoms with E-state index in [4.69, 9.17) is 0 Å². The second-order valence-corrected chi connectivity index (χ2v) is 3.40. The second-order valence-electron chi connectivity index (χ2n) is 2.49. The van der Waals surface area contributed by atoms with Crippen molar-refractivity contribution in [2.24, 2.45) is 0 Å². The molecule has 3 nitrogen and oxygen atoms in total. The number of hydrogen-bond acceptors (Lipinski definition) is 3. The lowest BCUT2D eigenvalue weighted by atomic mass is 10.1. The largest absolute Gasteiger partial charge is 0.428 e. The van der Waals surface area contributed by atoms with E-state index < -0.39 is 12.3 Å². The van der Waals surface area contributed by atoms with Crippen LogP contribution in [0.3, 0.4) is 0 Å². The van der Waals surface area contributed by atoms with Crippen molar-refractivity contribution in [3.63, 3.8) is 0 Å². The number of ether oxygens (including phenoxy) is 1. The monoisotopic (exact) mass is 228 g/mol. The number of cyclic esters (lactones) is 1. The molecule has 0 spiro atoms. The van der Waals surface area contributed by atoms with E-state index >= 15 is 0 Å². The minimum absolute atomic E-state index is 0.428. The summed E-state index contributed by atoms with van der Waals surface area (Å²) in [5.74, 6) is -0.473. The molecule has 1 aliphatic heterocycles. The van der Waals surface area contributed by atoms with E-state index in [0.29, 0.717) is 11.1 Å². The zero-order valence-corrected chi connectivity index (χ0v) is 7.54. The molecule has 0 saturated heterocycles. The summed E-state index contributed by atoms with van der Waals surface area (Å²) in [5.41, 5.74) is 0.958. The van der Waals surface area contributed by atoms with E-state index in [0.717, 1.165) is 4.47 Å². The molecule has 0 bridgehead atoms. The molecule has 0 fully saturated rings. The van der Waals surface area contributed by atoms with Crippen LogP contribution in [0.2, 0.25) is 0 Å². The lowest BCUT2D eigenvalue weighted by Gasteiger charge is -1.99. The molecular formula is C8H5BrO3. The van der Waals surface area contributed by atoms with Gasteiger partial charge in [-0.05, 0) is 12.1 Å². The number of carbonyl (C=O) groups excluding carboxylic acids is 1. The normalized spacial score (nSPS) is 20.5. The summed E-state index contributed by atoms with van der Waals surface area (Å²) in [5, 5.41) is 9.18. The van der Waals surface area contributed by atoms with Crippen LogP contribution in [0, 0.1) is 0 Å². The number of fused-ring (bicyclic) bond motifs is 1. The first-order chi connectivity index (χ1) is 5.68. The van der Waals surface area contributed by atoms with Crippen molar-refractivity contribution >= 4 is 21.9 Å². The molecule has 0 aliphatic carbocycles. The highest BCUT2D eigenvalue weighted by Crippen LogP contribution is 2.30. The lowest BCUT2D eigenvalue weighted by Crippen LogP contribution is -1.95. The molecular weight excluding hydrogens is 224 g/mol. The maximum absolute atomic E-state index is 11.0. The van der Waals surface area contributed by atoms with Crippen LogP contribution in [0.25, 0.3) is 0 Å². The van der Waals surface area contributed by atoms with E-state index in [-0.39, 0.29) is 0 Å². The van der Waals surface area contributed by atoms with Gasteiger partial charge in [0.25, 0.3) is 0 Å². The van der Waals surface area contributed by atoms with Gasteiger partial charge >= 0.3 is 5.97 Å². The van der Waals surface area contributed by atoms with Crippen LogP contribution in [0.15, 0.2) is 22.7 Å². The Morgan fingerprint density at radius 2 is 2.25 bits per heavy atom. The fourth-order valence-corrected chi connectivity index (χ4v) is 1.51. The molecule has 1 N–H and O–H groups in total. The molecule has 1 atom stereocenters. The van der Waals surface area contributed by atoms with Crippen LogP contribution in [-0.4, -0.2) is 11.1 Å². The van der Waals surface area contributed by atoms with Crippen LogP contribution in [-0.2, 0) is 4.74 Å². The van der Waals surface area contributed by atoms with E-state index in [1.54, 1.807) is 18.2 Å². The van der Waals surface area contributed by atoms with Gasteiger partial charge in [-0.3, -0.25) is 0 Å². The maximum atomic E-state index is 11.0. The first-order valence-electron chi connectivity index (χ1n) is 3.37. The van der Waals surface area contributed by atoms with Gasteiger partial charge in [0.2, 0.25) is 6.29 Å². The summed E-state index contributed by atoms with van der Waals surface area (Å²) >= 11 is 3.22. The Kier molecular flexibility index (Phi) is 1.66. The van der Waals surface area contributed by atoms with Crippen LogP contribution < -0.4 is 0 Å². The summed E-state index contributed by atoms with van der Waals surface area (Å²) < 4.78 is 5.38. The smallest absolute Gasteiger partial charge is 0.341 e. The highest BCUT2D eigenvalue weighted by atomic mass is 79.9. The molecule has 4 heteroatoms. The maximum Gasteiger partial charge on any atom is 0.341 e. The van der Waals surface area contributed by atoms with Crippen molar-refractivity contribution in [2.45, 2.75) is 6.29 Å². The number of esters is 1. The van der Waals surface area contributed by atoms with E-state index in [1.807, 2.05) is 0 Å². The Hall–Kier alpha value is -0.870. The third-order valence-corrected chi connectivity index (χ3v) is 2.21. The van der Waals surface area contributed by atoms with E-state index in [1.165, 1.54) is 0 Å². The molecule has 0 amide bonds. The molecule has 12 heavy (non-hydrogen) atoms. The number of hydrogen-bond donors (Lipinski definition) is 1. The van der Waals surface area contributed by atoms with Crippen molar-refractivity contribution in [1.29, 1.82) is 0 Å². The van der Waals surface area contributed by atoms with Crippen LogP contribution in [0.4, 0.5) is 0 Å². The van der Waals surface area contributed by atoms with Gasteiger partial charge in [0.05, 0.1) is 5.56 Å². The van der Waals surface area contributed by atoms with Crippen LogP contribution in [0.5, 0.6) is 0 Å². The third kappa shape index (κ3) is 1.04. The van der Waals surface area contributed by atoms with Gasteiger partial charge in [-0.1, -0.05) is 22.0 Å². The Morgan fingerprint density at radius 3 is 3.00 bits per heavy atom. The first-order valence-corrected chi connectivity index (χ1v) is 4.16. The minimum Gasteiger partial charge on any atom is -0.428 e. The van der Waals surface area contributed by atoms with Crippen LogP contribution >= 0.6 is 15.9 Å². The van der Waals surface area contributed by atoms with Crippen LogP contribution in [0.1, 0.15) is 22.2 Å². The van der Waals surface area contributed by atoms with E-state index in [2.05, 4.69) is 20.7 Å². The molecule has 0 unspecified atom stereocenters. The molecule has 1 aromatic carbocycles. The molecule has 0 aromatic heterocycles. The van der Waals surface area contributed by atoms with Gasteiger partial charge in [-0.25, -0.2) is 4.79 Å². The molecule has 0 radical (unpaired) electrons. The SMILES string of the molecule is O=C1O[C@H](O)c2ccc(Br)cc21. The van der Waals surface area contributed by atoms with Gasteiger partial charge < -0.3 is 9.84 Å². The van der Waals surface area contributed by atoms with Gasteiger partial charge in [0.1, 0.15) is 0 Å². The van der Waals surface area contributed by atoms with E-state index in [9.17, 15) is 9.90 Å². The standard InChI is InChI=1S/C8H5BrO3/c9-4-1-2-5-6(3-4)8(11)12-7(5)10/h1-3,7,10H/t7-/m0/s1. The topological polar surface area (TPSA) is 46.5 Å². The van der Waals surface area contributed by atoms with Gasteiger partial charge in [0, 0.05) is 10.0 Å². The predicted molar refractivity (Wildman–Crippen MR) is 44.5 cm³/mol. The lowest BCUT2D eigenvalue weighted by molar-refractivity contribution is -0.0547. The number of aliphatic hydroxyl groups is 1. The fraction of sp³-hybridized carbons (Fsp3) is 0.125. The number of benzene rings is 1. The van der Waals surface area contributed by atoms with Gasteiger partial charge in [0.15, 0.2) is 0 Å². The molecule has 1 aliphatic rings. The number of aliphatic hydroxyl groups excluding tert-OH is 1. The predicted octanol–water partition coefficient (Wildman–Crippen LogP) is 1.61. The summed E-state index contributed by atoms with van der Waals surface area (Å²) in [6.45, 7) is 0. The zero-order chi connectivity index (χ0) is 8.72. The summed E-state index contributed by atoms with van der Waals surface area (Å²) in [7, 11) is 0. The molecule has 1 heterocycles. The van der Waals surface area contributed by atoms with Crippen molar-refractivity contribution < 1.29 is 14.6 Å². The Labute approximate surface area is 77.1 Å². The zero-order valence-electron chi connectivity index (χ0n) is 5.95. The average Bonchev–Trinajstić information content (AvgIpc) is 2.28. The summed E-state index contributed by atoms with van der Waals surface area (Å²) in [6, 6.07) is 5.05. The molecule has 2 rings (SSSR count). The Morgan fingerprint density at radius 1 is 1.50 bits per heavy atom. The first kappa shape index (κ1) is 7.76. The highest BCUT2D eigenvalue weighted by Gasteiger charge is 2.28. The van der Waals surface area contributed by atoms with Gasteiger partial charge in [-0.2, -0.15) is 0 Å². The van der Waals surface area contributed by atoms with Gasteiger partial charge in [-0.15, -0.1) is 0 Å². The summed E-state index contributed by atoms with van der Waals surface area (Å²) in [4.78, 5) is 11.0. The minimum atomic E-state index is -1.10. The molecule has 1 aromatic rings. The average molecular weight is 229 g/mol. The second kappa shape index (κ2) is 2.57. The van der Waals surface area contributed by atoms with Crippen molar-refractivity contribution in [1.82, 2.24) is 0 Å². The quantitative estimate of drug-likeness (QED) is 0.687. The molecule has 62 valence electrons. The molecule has 0 saturated carbocycles. The fourth-order valence-electron chi connectivity index (χ4n) is 1.15. The van der Waals surface area contributed by atoms with Crippen molar-refractivity contribution in [3.05, 3.63) is 33.8 Å². The Balaban J connectivity index is 2.60. The Bertz CT molecular complexity index is 348. The number of rotatable bonds is 0. The van der Waals surface area contributed by atoms with Crippen molar-refractivity contribution in [3.8, 4) is 0 Å². The third-order valence-electron chi connectivity index (χ3n) is 1.72. The van der Waals surface area contributed by atoms with Crippen molar-refractivity contribution in [2.75, 3.05) is 0 Å².